The zero-order valence-electron chi connectivity index (χ0n) is 8.89. The maximum Gasteiger partial charge on any atom is 0.196 e. The highest BCUT2D eigenvalue weighted by atomic mass is 16.1. The van der Waals surface area contributed by atoms with Crippen molar-refractivity contribution in [3.8, 4) is 0 Å². The molecule has 0 aromatic carbocycles. The lowest BCUT2D eigenvalue weighted by molar-refractivity contribution is 0.0998. The van der Waals surface area contributed by atoms with Gasteiger partial charge in [0.15, 0.2) is 5.78 Å². The Morgan fingerprint density at radius 2 is 2.31 bits per heavy atom. The molecule has 0 radical (unpaired) electrons. The van der Waals surface area contributed by atoms with Gasteiger partial charge in [-0.1, -0.05) is 6.07 Å². The molecule has 1 fully saturated rings. The number of carbonyl (C=O) groups is 1. The Kier molecular flexibility index (Phi) is 2.04. The van der Waals surface area contributed by atoms with Crippen molar-refractivity contribution in [3.05, 3.63) is 35.9 Å². The number of nitrogens with two attached hydrogens (primary N) is 1. The second-order valence-corrected chi connectivity index (χ2v) is 4.18. The Bertz CT molecular complexity index is 554. The lowest BCUT2D eigenvalue weighted by Crippen LogP contribution is -2.14. The van der Waals surface area contributed by atoms with Crippen LogP contribution in [0.4, 0.5) is 0 Å². The van der Waals surface area contributed by atoms with E-state index in [2.05, 4.69) is 4.98 Å². The van der Waals surface area contributed by atoms with Crippen molar-refractivity contribution >= 4 is 11.3 Å². The van der Waals surface area contributed by atoms with Crippen LogP contribution in [0.3, 0.4) is 0 Å². The van der Waals surface area contributed by atoms with Gasteiger partial charge in [0.2, 0.25) is 0 Å². The van der Waals surface area contributed by atoms with Crippen LogP contribution in [0.5, 0.6) is 0 Å². The Balaban J connectivity index is 2.24. The van der Waals surface area contributed by atoms with Gasteiger partial charge in [-0.2, -0.15) is 0 Å². The number of fused-ring (bicyclic) bond motifs is 1. The van der Waals surface area contributed by atoms with Crippen molar-refractivity contribution < 1.29 is 4.79 Å². The van der Waals surface area contributed by atoms with Crippen molar-refractivity contribution in [1.29, 1.82) is 0 Å². The monoisotopic (exact) mass is 215 g/mol. The van der Waals surface area contributed by atoms with Gasteiger partial charge < -0.3 is 10.1 Å². The van der Waals surface area contributed by atoms with Crippen LogP contribution in [0.15, 0.2) is 24.4 Å². The minimum Gasteiger partial charge on any atom is -0.324 e. The number of ketones is 1. The molecule has 4 nitrogen and oxygen atoms in total. The molecular weight excluding hydrogens is 202 g/mol. The summed E-state index contributed by atoms with van der Waals surface area (Å²) in [5.74, 6) is 1.44. The second-order valence-electron chi connectivity index (χ2n) is 4.18. The summed E-state index contributed by atoms with van der Waals surface area (Å²) in [6.07, 6.45) is 4.30. The zero-order valence-corrected chi connectivity index (χ0v) is 8.89. The van der Waals surface area contributed by atoms with E-state index >= 15 is 0 Å². The molecule has 3 rings (SSSR count). The average molecular weight is 215 g/mol. The van der Waals surface area contributed by atoms with Gasteiger partial charge >= 0.3 is 0 Å². The first-order valence-electron chi connectivity index (χ1n) is 5.51. The number of imidazole rings is 1. The van der Waals surface area contributed by atoms with E-state index in [1.165, 1.54) is 12.8 Å². The summed E-state index contributed by atoms with van der Waals surface area (Å²) in [4.78, 5) is 16.1. The van der Waals surface area contributed by atoms with Gasteiger partial charge in [-0.05, 0) is 25.0 Å². The first-order valence-corrected chi connectivity index (χ1v) is 5.51. The minimum atomic E-state index is -0.0874. The van der Waals surface area contributed by atoms with Gasteiger partial charge in [-0.15, -0.1) is 0 Å². The van der Waals surface area contributed by atoms with Crippen LogP contribution < -0.4 is 5.73 Å². The number of hydrogen-bond donors (Lipinski definition) is 1. The molecule has 2 heterocycles. The fraction of sp³-hybridized carbons (Fsp3) is 0.333. The molecular formula is C12H13N3O. The van der Waals surface area contributed by atoms with Gasteiger partial charge in [0.05, 0.1) is 12.1 Å². The summed E-state index contributed by atoms with van der Waals surface area (Å²) >= 11 is 0. The second kappa shape index (κ2) is 3.42. The van der Waals surface area contributed by atoms with Crippen LogP contribution in [0.1, 0.15) is 35.1 Å². The number of aromatic nitrogens is 2. The number of Topliss-reactive ketones (excluding diaryl/α,β-unsaturated/α-hetero) is 1. The fourth-order valence-corrected chi connectivity index (χ4v) is 1.99. The van der Waals surface area contributed by atoms with Gasteiger partial charge in [-0.3, -0.25) is 4.79 Å². The van der Waals surface area contributed by atoms with Crippen molar-refractivity contribution in [2.75, 3.05) is 6.54 Å². The Morgan fingerprint density at radius 1 is 1.50 bits per heavy atom. The number of carbonyl (C=O) groups excluding carboxylic acids is 1. The van der Waals surface area contributed by atoms with Crippen LogP contribution in [0.25, 0.3) is 5.52 Å². The molecule has 16 heavy (non-hydrogen) atoms. The quantitative estimate of drug-likeness (QED) is 0.786. The van der Waals surface area contributed by atoms with E-state index in [0.717, 1.165) is 11.3 Å². The zero-order chi connectivity index (χ0) is 11.1. The SMILES string of the molecule is NCC(=O)c1nc(C2CC2)n2ccccc12. The Morgan fingerprint density at radius 3 is 3.00 bits per heavy atom. The summed E-state index contributed by atoms with van der Waals surface area (Å²) in [5.41, 5.74) is 6.79. The van der Waals surface area contributed by atoms with Crippen LogP contribution in [0, 0.1) is 0 Å². The molecule has 0 bridgehead atoms. The third-order valence-electron chi connectivity index (χ3n) is 2.97. The molecule has 0 aliphatic heterocycles. The molecule has 2 aromatic heterocycles. The van der Waals surface area contributed by atoms with Crippen LogP contribution in [0.2, 0.25) is 0 Å². The maximum atomic E-state index is 11.7. The van der Waals surface area contributed by atoms with E-state index in [9.17, 15) is 4.79 Å². The topological polar surface area (TPSA) is 60.4 Å². The molecule has 0 unspecified atom stereocenters. The number of pyridine rings is 1. The Labute approximate surface area is 93.1 Å². The normalized spacial score (nSPS) is 15.6. The van der Waals surface area contributed by atoms with Gasteiger partial charge in [0.25, 0.3) is 0 Å². The maximum absolute atomic E-state index is 11.7. The highest BCUT2D eigenvalue weighted by molar-refractivity contribution is 6.01. The van der Waals surface area contributed by atoms with Crippen LogP contribution in [-0.4, -0.2) is 21.7 Å². The summed E-state index contributed by atoms with van der Waals surface area (Å²) in [6.45, 7) is 0.0195. The summed E-state index contributed by atoms with van der Waals surface area (Å²) < 4.78 is 2.01. The van der Waals surface area contributed by atoms with Crippen molar-refractivity contribution in [3.63, 3.8) is 0 Å². The van der Waals surface area contributed by atoms with Gasteiger partial charge in [0, 0.05) is 12.1 Å². The van der Waals surface area contributed by atoms with Gasteiger partial charge in [-0.25, -0.2) is 4.98 Å². The average Bonchev–Trinajstić information content (AvgIpc) is 3.09. The lowest BCUT2D eigenvalue weighted by Gasteiger charge is -1.97. The predicted molar refractivity (Wildman–Crippen MR) is 60.6 cm³/mol. The lowest BCUT2D eigenvalue weighted by atomic mass is 10.2. The summed E-state index contributed by atoms with van der Waals surface area (Å²) in [7, 11) is 0. The molecule has 1 aliphatic carbocycles. The largest absolute Gasteiger partial charge is 0.324 e. The molecule has 2 N–H and O–H groups in total. The van der Waals surface area contributed by atoms with Crippen LogP contribution >= 0.6 is 0 Å². The molecule has 0 spiro atoms. The highest BCUT2D eigenvalue weighted by Gasteiger charge is 2.29. The Hall–Kier alpha value is -1.68. The van der Waals surface area contributed by atoms with Crippen LogP contribution in [-0.2, 0) is 0 Å². The molecule has 1 saturated carbocycles. The standard InChI is InChI=1S/C12H13N3O/c13-7-10(16)11-9-3-1-2-6-15(9)12(14-11)8-4-5-8/h1-3,6,8H,4-5,7,13H2. The predicted octanol–water partition coefficient (Wildman–Crippen LogP) is 1.35. The first kappa shape index (κ1) is 9.54. The van der Waals surface area contributed by atoms with Crippen molar-refractivity contribution in [2.24, 2.45) is 5.73 Å². The molecule has 1 aliphatic rings. The number of rotatable bonds is 3. The molecule has 0 saturated heterocycles. The van der Waals surface area contributed by atoms with Gasteiger partial charge in [0.1, 0.15) is 11.5 Å². The fourth-order valence-electron chi connectivity index (χ4n) is 1.99. The molecule has 82 valence electrons. The molecule has 0 amide bonds. The molecule has 2 aromatic rings. The highest BCUT2D eigenvalue weighted by Crippen LogP contribution is 2.39. The van der Waals surface area contributed by atoms with Crippen molar-refractivity contribution in [1.82, 2.24) is 9.38 Å². The first-order chi connectivity index (χ1) is 7.81. The third kappa shape index (κ3) is 1.34. The number of nitrogens with zero attached hydrogens (tertiary/aromatic N) is 2. The van der Waals surface area contributed by atoms with E-state index in [0.29, 0.717) is 11.6 Å². The smallest absolute Gasteiger partial charge is 0.196 e. The molecule has 4 heteroatoms. The van der Waals surface area contributed by atoms with Crippen molar-refractivity contribution in [2.45, 2.75) is 18.8 Å². The van der Waals surface area contributed by atoms with E-state index in [-0.39, 0.29) is 12.3 Å². The minimum absolute atomic E-state index is 0.0195. The third-order valence-corrected chi connectivity index (χ3v) is 2.97. The summed E-state index contributed by atoms with van der Waals surface area (Å²) in [6, 6.07) is 5.79. The van der Waals surface area contributed by atoms with E-state index in [1.54, 1.807) is 0 Å². The number of hydrogen-bond acceptors (Lipinski definition) is 3. The summed E-state index contributed by atoms with van der Waals surface area (Å²) in [5, 5.41) is 0. The van der Waals surface area contributed by atoms with E-state index in [4.69, 9.17) is 5.73 Å². The molecule has 0 atom stereocenters. The van der Waals surface area contributed by atoms with E-state index in [1.807, 2.05) is 28.8 Å². The van der Waals surface area contributed by atoms with E-state index < -0.39 is 0 Å².